The predicted octanol–water partition coefficient (Wildman–Crippen LogP) is 3.87. The summed E-state index contributed by atoms with van der Waals surface area (Å²) in [7, 11) is 0. The summed E-state index contributed by atoms with van der Waals surface area (Å²) >= 11 is 0. The van der Waals surface area contributed by atoms with Gasteiger partial charge in [-0.3, -0.25) is 9.59 Å². The Morgan fingerprint density at radius 1 is 0.917 bits per heavy atom. The maximum Gasteiger partial charge on any atom is 0.224 e. The van der Waals surface area contributed by atoms with Crippen LogP contribution in [0.4, 0.5) is 0 Å². The molecule has 2 amide bonds. The predicted molar refractivity (Wildman–Crippen MR) is 98.6 cm³/mol. The van der Waals surface area contributed by atoms with Crippen LogP contribution in [0, 0.1) is 13.8 Å². The minimum Gasteiger partial charge on any atom is -0.370 e. The zero-order chi connectivity index (χ0) is 17.9. The molecule has 0 heterocycles. The van der Waals surface area contributed by atoms with Crippen LogP contribution in [0.1, 0.15) is 80.4 Å². The number of aryl methyl sites for hydroxylation is 2. The molecule has 0 aliphatic heterocycles. The maximum atomic E-state index is 11.8. The van der Waals surface area contributed by atoms with Crippen molar-refractivity contribution in [2.24, 2.45) is 11.5 Å². The fourth-order valence-electron chi connectivity index (χ4n) is 3.12. The molecule has 0 aliphatic rings. The normalized spacial score (nSPS) is 12.1. The lowest BCUT2D eigenvalue weighted by atomic mass is 9.88. The Bertz CT molecular complexity index is 540. The molecule has 0 bridgehead atoms. The number of carbonyl (C=O) groups excluding carboxylic acids is 2. The molecule has 0 radical (unpaired) electrons. The van der Waals surface area contributed by atoms with E-state index in [2.05, 4.69) is 18.2 Å². The van der Waals surface area contributed by atoms with Crippen LogP contribution >= 0.6 is 0 Å². The largest absolute Gasteiger partial charge is 0.370 e. The highest BCUT2D eigenvalue weighted by molar-refractivity contribution is 5.82. The number of carbonyl (C=O) groups is 2. The summed E-state index contributed by atoms with van der Waals surface area (Å²) in [6, 6.07) is 6.21. The highest BCUT2D eigenvalue weighted by Crippen LogP contribution is 2.26. The number of rotatable bonds is 12. The van der Waals surface area contributed by atoms with Gasteiger partial charge in [0.15, 0.2) is 0 Å². The molecule has 1 aromatic rings. The molecule has 4 N–H and O–H groups in total. The molecular formula is C20H32N2O2. The lowest BCUT2D eigenvalue weighted by Crippen LogP contribution is -2.22. The second-order valence-corrected chi connectivity index (χ2v) is 6.79. The second-order valence-electron chi connectivity index (χ2n) is 6.79. The van der Waals surface area contributed by atoms with E-state index < -0.39 is 0 Å². The fraction of sp³-hybridized carbons (Fsp3) is 0.600. The van der Waals surface area contributed by atoms with Gasteiger partial charge in [-0.15, -0.1) is 0 Å². The molecule has 24 heavy (non-hydrogen) atoms. The molecule has 4 nitrogen and oxygen atoms in total. The molecule has 0 aromatic heterocycles. The SMILES string of the molecule is Cc1ccc(C)c(C(CCCCCCCCCC(N)=O)C(N)=O)c1. The molecule has 0 spiro atoms. The molecule has 0 fully saturated rings. The van der Waals surface area contributed by atoms with E-state index in [1.165, 1.54) is 6.42 Å². The third-order valence-corrected chi connectivity index (χ3v) is 4.57. The zero-order valence-electron chi connectivity index (χ0n) is 15.1. The van der Waals surface area contributed by atoms with Crippen LogP contribution in [0.5, 0.6) is 0 Å². The van der Waals surface area contributed by atoms with Crippen molar-refractivity contribution < 1.29 is 9.59 Å². The quantitative estimate of drug-likeness (QED) is 0.569. The van der Waals surface area contributed by atoms with Crippen molar-refractivity contribution in [3.63, 3.8) is 0 Å². The Kier molecular flexibility index (Phi) is 9.13. The van der Waals surface area contributed by atoms with Gasteiger partial charge in [0, 0.05) is 6.42 Å². The van der Waals surface area contributed by atoms with E-state index in [-0.39, 0.29) is 17.7 Å². The molecule has 4 heteroatoms. The number of unbranched alkanes of at least 4 members (excludes halogenated alkanes) is 6. The third-order valence-electron chi connectivity index (χ3n) is 4.57. The van der Waals surface area contributed by atoms with Gasteiger partial charge in [-0.2, -0.15) is 0 Å². The molecular weight excluding hydrogens is 300 g/mol. The molecule has 0 aliphatic carbocycles. The summed E-state index contributed by atoms with van der Waals surface area (Å²) in [6.45, 7) is 4.08. The average Bonchev–Trinajstić information content (AvgIpc) is 2.51. The minimum atomic E-state index is -0.227. The number of benzene rings is 1. The van der Waals surface area contributed by atoms with Crippen LogP contribution in [0.15, 0.2) is 18.2 Å². The molecule has 1 atom stereocenters. The first-order chi connectivity index (χ1) is 11.4. The van der Waals surface area contributed by atoms with Crippen molar-refractivity contribution in [3.8, 4) is 0 Å². The van der Waals surface area contributed by atoms with E-state index in [0.29, 0.717) is 6.42 Å². The molecule has 0 saturated carbocycles. The first kappa shape index (κ1) is 20.2. The molecule has 1 aromatic carbocycles. The first-order valence-corrected chi connectivity index (χ1v) is 9.06. The van der Waals surface area contributed by atoms with Gasteiger partial charge >= 0.3 is 0 Å². The van der Waals surface area contributed by atoms with E-state index >= 15 is 0 Å². The minimum absolute atomic E-state index is 0.180. The van der Waals surface area contributed by atoms with Crippen molar-refractivity contribution in [1.82, 2.24) is 0 Å². The van der Waals surface area contributed by atoms with Gasteiger partial charge in [0.25, 0.3) is 0 Å². The van der Waals surface area contributed by atoms with Crippen LogP contribution in [0.2, 0.25) is 0 Å². The van der Waals surface area contributed by atoms with Crippen molar-refractivity contribution in [1.29, 1.82) is 0 Å². The summed E-state index contributed by atoms with van der Waals surface area (Å²) in [5.74, 6) is -0.616. The number of hydrogen-bond acceptors (Lipinski definition) is 2. The van der Waals surface area contributed by atoms with E-state index in [1.807, 2.05) is 13.8 Å². The molecule has 0 saturated heterocycles. The zero-order valence-corrected chi connectivity index (χ0v) is 15.1. The second kappa shape index (κ2) is 10.8. The highest BCUT2D eigenvalue weighted by atomic mass is 16.1. The standard InChI is InChI=1S/C20H32N2O2/c1-15-12-13-16(2)18(14-15)17(20(22)24)10-8-6-4-3-5-7-9-11-19(21)23/h12-14,17H,3-11H2,1-2H3,(H2,21,23)(H2,22,24). The Morgan fingerprint density at radius 3 is 2.08 bits per heavy atom. The average molecular weight is 332 g/mol. The molecule has 1 unspecified atom stereocenters. The van der Waals surface area contributed by atoms with Gasteiger partial charge in [-0.05, 0) is 37.8 Å². The lowest BCUT2D eigenvalue weighted by Gasteiger charge is -2.17. The van der Waals surface area contributed by atoms with E-state index in [0.717, 1.165) is 61.6 Å². The highest BCUT2D eigenvalue weighted by Gasteiger charge is 2.19. The smallest absolute Gasteiger partial charge is 0.224 e. The van der Waals surface area contributed by atoms with Crippen molar-refractivity contribution in [3.05, 3.63) is 34.9 Å². The van der Waals surface area contributed by atoms with Crippen LogP contribution < -0.4 is 11.5 Å². The summed E-state index contributed by atoms with van der Waals surface area (Å²) in [5, 5.41) is 0. The van der Waals surface area contributed by atoms with Gasteiger partial charge in [0.2, 0.25) is 11.8 Å². The van der Waals surface area contributed by atoms with E-state index in [9.17, 15) is 9.59 Å². The summed E-state index contributed by atoms with van der Waals surface area (Å²) in [6.07, 6.45) is 8.88. The van der Waals surface area contributed by atoms with Gasteiger partial charge in [-0.25, -0.2) is 0 Å². The molecule has 1 rings (SSSR count). The topological polar surface area (TPSA) is 86.2 Å². The van der Waals surface area contributed by atoms with Crippen molar-refractivity contribution in [2.45, 2.75) is 77.6 Å². The van der Waals surface area contributed by atoms with E-state index in [4.69, 9.17) is 11.5 Å². The summed E-state index contributed by atoms with van der Waals surface area (Å²) < 4.78 is 0. The monoisotopic (exact) mass is 332 g/mol. The van der Waals surface area contributed by atoms with Crippen LogP contribution in [0.25, 0.3) is 0 Å². The Hall–Kier alpha value is -1.84. The van der Waals surface area contributed by atoms with Crippen molar-refractivity contribution >= 4 is 11.8 Å². The Morgan fingerprint density at radius 2 is 1.50 bits per heavy atom. The Labute approximate surface area is 146 Å². The molecule has 134 valence electrons. The number of amides is 2. The summed E-state index contributed by atoms with van der Waals surface area (Å²) in [5.41, 5.74) is 14.1. The lowest BCUT2D eigenvalue weighted by molar-refractivity contribution is -0.120. The number of primary amides is 2. The number of hydrogen-bond donors (Lipinski definition) is 2. The maximum absolute atomic E-state index is 11.8. The Balaban J connectivity index is 2.29. The van der Waals surface area contributed by atoms with Gasteiger partial charge in [0.05, 0.1) is 5.92 Å². The van der Waals surface area contributed by atoms with Crippen LogP contribution in [0.3, 0.4) is 0 Å². The fourth-order valence-corrected chi connectivity index (χ4v) is 3.12. The van der Waals surface area contributed by atoms with Gasteiger partial charge in [-0.1, -0.05) is 62.3 Å². The van der Waals surface area contributed by atoms with E-state index in [1.54, 1.807) is 0 Å². The summed E-state index contributed by atoms with van der Waals surface area (Å²) in [4.78, 5) is 22.5. The van der Waals surface area contributed by atoms with Crippen LogP contribution in [-0.4, -0.2) is 11.8 Å². The number of nitrogens with two attached hydrogens (primary N) is 2. The third kappa shape index (κ3) is 7.62. The van der Waals surface area contributed by atoms with Gasteiger partial charge < -0.3 is 11.5 Å². The van der Waals surface area contributed by atoms with Crippen LogP contribution in [-0.2, 0) is 9.59 Å². The van der Waals surface area contributed by atoms with Gasteiger partial charge in [0.1, 0.15) is 0 Å². The van der Waals surface area contributed by atoms with Crippen molar-refractivity contribution in [2.75, 3.05) is 0 Å². The first-order valence-electron chi connectivity index (χ1n) is 9.06.